The highest BCUT2D eigenvalue weighted by atomic mass is 32.2. The van der Waals surface area contributed by atoms with Gasteiger partial charge in [0.25, 0.3) is 0 Å². The fourth-order valence-electron chi connectivity index (χ4n) is 1.60. The zero-order valence-corrected chi connectivity index (χ0v) is 11.5. The van der Waals surface area contributed by atoms with Gasteiger partial charge >= 0.3 is 0 Å². The maximum absolute atomic E-state index is 11.3. The number of aromatic nitrogens is 1. The lowest BCUT2D eigenvalue weighted by Crippen LogP contribution is -2.27. The molecule has 6 heteroatoms. The lowest BCUT2D eigenvalue weighted by Gasteiger charge is -2.01. The van der Waals surface area contributed by atoms with Crippen molar-refractivity contribution in [3.63, 3.8) is 0 Å². The van der Waals surface area contributed by atoms with Crippen LogP contribution in [0, 0.1) is 0 Å². The van der Waals surface area contributed by atoms with Crippen molar-refractivity contribution in [1.82, 2.24) is 9.88 Å². The highest BCUT2D eigenvalue weighted by Gasteiger charge is 2.08. The zero-order chi connectivity index (χ0) is 13.7. The molecule has 1 N–H and O–H groups in total. The van der Waals surface area contributed by atoms with Gasteiger partial charge in [-0.2, -0.15) is 0 Å². The highest BCUT2D eigenvalue weighted by molar-refractivity contribution is 7.89. The Labute approximate surface area is 112 Å². The molecule has 0 bridgehead atoms. The summed E-state index contributed by atoms with van der Waals surface area (Å²) in [7, 11) is -3.14. The van der Waals surface area contributed by atoms with E-state index in [0.29, 0.717) is 18.7 Å². The molecule has 0 unspecified atom stereocenters. The summed E-state index contributed by atoms with van der Waals surface area (Å²) in [5.41, 5.74) is 1.69. The Bertz CT molecular complexity index is 620. The molecule has 1 aromatic carbocycles. The minimum atomic E-state index is -3.14. The lowest BCUT2D eigenvalue weighted by atomic mass is 10.1. The van der Waals surface area contributed by atoms with Gasteiger partial charge in [0.05, 0.1) is 11.4 Å². The van der Waals surface area contributed by atoms with Crippen molar-refractivity contribution < 1.29 is 12.9 Å². The van der Waals surface area contributed by atoms with E-state index < -0.39 is 10.0 Å². The van der Waals surface area contributed by atoms with Crippen LogP contribution in [0.2, 0.25) is 0 Å². The van der Waals surface area contributed by atoms with Crippen LogP contribution in [0.25, 0.3) is 11.3 Å². The third kappa shape index (κ3) is 3.90. The number of benzene rings is 1. The summed E-state index contributed by atoms with van der Waals surface area (Å²) in [5.74, 6) is 0.773. The van der Waals surface area contributed by atoms with Crippen molar-refractivity contribution in [2.75, 3.05) is 12.3 Å². The molecule has 5 nitrogen and oxygen atoms in total. The van der Waals surface area contributed by atoms with Gasteiger partial charge in [0.1, 0.15) is 0 Å². The first kappa shape index (κ1) is 13.8. The first-order valence-electron chi connectivity index (χ1n) is 6.09. The monoisotopic (exact) mass is 280 g/mol. The Balaban J connectivity index is 1.95. The predicted molar refractivity (Wildman–Crippen MR) is 73.1 cm³/mol. The molecule has 0 amide bonds. The van der Waals surface area contributed by atoms with E-state index in [9.17, 15) is 8.42 Å². The molecule has 0 fully saturated rings. The summed E-state index contributed by atoms with van der Waals surface area (Å²) in [6.45, 7) is 1.93. The van der Waals surface area contributed by atoms with Gasteiger partial charge in [0.15, 0.2) is 5.76 Å². The minimum absolute atomic E-state index is 0.0844. The van der Waals surface area contributed by atoms with Crippen LogP contribution < -0.4 is 4.72 Å². The maximum atomic E-state index is 11.3. The predicted octanol–water partition coefficient (Wildman–Crippen LogP) is 1.82. The molecule has 102 valence electrons. The molecule has 2 rings (SSSR count). The zero-order valence-electron chi connectivity index (χ0n) is 10.7. The molecule has 2 aromatic rings. The fraction of sp³-hybridized carbons (Fsp3) is 0.308. The Kier molecular flexibility index (Phi) is 4.34. The van der Waals surface area contributed by atoms with Crippen LogP contribution in [-0.4, -0.2) is 25.9 Å². The molecule has 0 saturated carbocycles. The van der Waals surface area contributed by atoms with Gasteiger partial charge in [-0.25, -0.2) is 13.1 Å². The SMILES string of the molecule is CCS(=O)(=O)NCCc1cc(-c2ccccc2)on1. The summed E-state index contributed by atoms with van der Waals surface area (Å²) < 4.78 is 30.3. The molecule has 0 aliphatic carbocycles. The molecule has 0 radical (unpaired) electrons. The van der Waals surface area contributed by atoms with Crippen molar-refractivity contribution in [3.8, 4) is 11.3 Å². The average molecular weight is 280 g/mol. The van der Waals surface area contributed by atoms with Gasteiger partial charge in [-0.1, -0.05) is 35.5 Å². The van der Waals surface area contributed by atoms with E-state index in [0.717, 1.165) is 11.3 Å². The third-order valence-corrected chi connectivity index (χ3v) is 4.10. The van der Waals surface area contributed by atoms with E-state index in [-0.39, 0.29) is 5.75 Å². The summed E-state index contributed by atoms with van der Waals surface area (Å²) in [4.78, 5) is 0. The quantitative estimate of drug-likeness (QED) is 0.876. The number of rotatable bonds is 6. The molecule has 0 atom stereocenters. The molecule has 0 spiro atoms. The Morgan fingerprint density at radius 2 is 2.00 bits per heavy atom. The second-order valence-corrected chi connectivity index (χ2v) is 6.19. The minimum Gasteiger partial charge on any atom is -0.356 e. The lowest BCUT2D eigenvalue weighted by molar-refractivity contribution is 0.423. The van der Waals surface area contributed by atoms with Gasteiger partial charge < -0.3 is 4.52 Å². The first-order chi connectivity index (χ1) is 9.11. The molecule has 0 saturated heterocycles. The standard InChI is InChI=1S/C13H16N2O3S/c1-2-19(16,17)14-9-8-12-10-13(18-15-12)11-6-4-3-5-7-11/h3-7,10,14H,2,8-9H2,1H3. The van der Waals surface area contributed by atoms with Crippen LogP contribution in [0.3, 0.4) is 0 Å². The summed E-state index contributed by atoms with van der Waals surface area (Å²) in [6, 6.07) is 11.5. The Morgan fingerprint density at radius 1 is 1.26 bits per heavy atom. The van der Waals surface area contributed by atoms with Crippen LogP contribution >= 0.6 is 0 Å². The number of sulfonamides is 1. The third-order valence-electron chi connectivity index (χ3n) is 2.70. The maximum Gasteiger partial charge on any atom is 0.211 e. The largest absolute Gasteiger partial charge is 0.356 e. The number of hydrogen-bond acceptors (Lipinski definition) is 4. The Morgan fingerprint density at radius 3 is 2.68 bits per heavy atom. The van der Waals surface area contributed by atoms with Gasteiger partial charge in [0.2, 0.25) is 10.0 Å². The fourth-order valence-corrected chi connectivity index (χ4v) is 2.22. The topological polar surface area (TPSA) is 72.2 Å². The van der Waals surface area contributed by atoms with Gasteiger partial charge in [-0.15, -0.1) is 0 Å². The van der Waals surface area contributed by atoms with Crippen molar-refractivity contribution in [2.45, 2.75) is 13.3 Å². The van der Waals surface area contributed by atoms with E-state index in [1.54, 1.807) is 6.92 Å². The Hall–Kier alpha value is -1.66. The smallest absolute Gasteiger partial charge is 0.211 e. The van der Waals surface area contributed by atoms with E-state index in [1.165, 1.54) is 0 Å². The van der Waals surface area contributed by atoms with Gasteiger partial charge in [-0.05, 0) is 6.92 Å². The summed E-state index contributed by atoms with van der Waals surface area (Å²) >= 11 is 0. The summed E-state index contributed by atoms with van der Waals surface area (Å²) in [5, 5.41) is 3.93. The van der Waals surface area contributed by atoms with Crippen LogP contribution in [-0.2, 0) is 16.4 Å². The molecule has 0 aliphatic rings. The van der Waals surface area contributed by atoms with Gasteiger partial charge in [0, 0.05) is 24.6 Å². The van der Waals surface area contributed by atoms with Crippen molar-refractivity contribution in [1.29, 1.82) is 0 Å². The first-order valence-corrected chi connectivity index (χ1v) is 7.74. The van der Waals surface area contributed by atoms with E-state index in [4.69, 9.17) is 4.52 Å². The summed E-state index contributed by atoms with van der Waals surface area (Å²) in [6.07, 6.45) is 0.509. The second kappa shape index (κ2) is 5.99. The van der Waals surface area contributed by atoms with Crippen molar-refractivity contribution >= 4 is 10.0 Å². The molecular formula is C13H16N2O3S. The van der Waals surface area contributed by atoms with Crippen LogP contribution in [0.4, 0.5) is 0 Å². The molecular weight excluding hydrogens is 264 g/mol. The van der Waals surface area contributed by atoms with Crippen molar-refractivity contribution in [2.24, 2.45) is 0 Å². The van der Waals surface area contributed by atoms with Crippen LogP contribution in [0.1, 0.15) is 12.6 Å². The van der Waals surface area contributed by atoms with E-state index in [1.807, 2.05) is 36.4 Å². The van der Waals surface area contributed by atoms with Crippen molar-refractivity contribution in [3.05, 3.63) is 42.1 Å². The normalized spacial score (nSPS) is 11.6. The van der Waals surface area contributed by atoms with Gasteiger partial charge in [-0.3, -0.25) is 0 Å². The number of nitrogens with zero attached hydrogens (tertiary/aromatic N) is 1. The van der Waals surface area contributed by atoms with Crippen LogP contribution in [0.15, 0.2) is 40.9 Å². The molecule has 0 aliphatic heterocycles. The van der Waals surface area contributed by atoms with Crippen LogP contribution in [0.5, 0.6) is 0 Å². The number of nitrogens with one attached hydrogen (secondary N) is 1. The highest BCUT2D eigenvalue weighted by Crippen LogP contribution is 2.19. The average Bonchev–Trinajstić information content (AvgIpc) is 2.88. The molecule has 1 aromatic heterocycles. The van der Waals surface area contributed by atoms with E-state index >= 15 is 0 Å². The van der Waals surface area contributed by atoms with E-state index in [2.05, 4.69) is 9.88 Å². The molecule has 1 heterocycles. The second-order valence-electron chi connectivity index (χ2n) is 4.10. The molecule has 19 heavy (non-hydrogen) atoms. The number of hydrogen-bond donors (Lipinski definition) is 1.